The number of amides is 1. The van der Waals surface area contributed by atoms with Gasteiger partial charge < -0.3 is 11.1 Å². The third-order valence-electron chi connectivity index (χ3n) is 3.93. The third-order valence-corrected chi connectivity index (χ3v) is 3.93. The van der Waals surface area contributed by atoms with E-state index in [0.717, 1.165) is 5.69 Å². The quantitative estimate of drug-likeness (QED) is 0.576. The molecule has 3 aromatic heterocycles. The molecule has 0 aliphatic heterocycles. The Balaban J connectivity index is 1.71. The van der Waals surface area contributed by atoms with E-state index in [-0.39, 0.29) is 5.91 Å². The van der Waals surface area contributed by atoms with Crippen LogP contribution in [0.5, 0.6) is 0 Å². The number of hydrogen-bond acceptors (Lipinski definition) is 6. The fourth-order valence-corrected chi connectivity index (χ4v) is 2.72. The lowest BCUT2D eigenvalue weighted by Crippen LogP contribution is -2.15. The van der Waals surface area contributed by atoms with E-state index in [1.807, 2.05) is 6.92 Å². The zero-order chi connectivity index (χ0) is 19.0. The van der Waals surface area contributed by atoms with Gasteiger partial charge in [0.2, 0.25) is 0 Å². The maximum Gasteiger partial charge on any atom is 0.262 e. The number of benzene rings is 1. The predicted octanol–water partition coefficient (Wildman–Crippen LogP) is 1.93. The number of nitrogens with one attached hydrogen (secondary N) is 1. The van der Waals surface area contributed by atoms with Crippen LogP contribution in [0.1, 0.15) is 21.6 Å². The number of fused-ring (bicyclic) bond motifs is 1. The van der Waals surface area contributed by atoms with Gasteiger partial charge in [-0.3, -0.25) is 4.79 Å². The molecular weight excluding hydrogens is 344 g/mol. The molecule has 0 saturated carbocycles. The number of nitrogens with two attached hydrogens (primary N) is 1. The van der Waals surface area contributed by atoms with Crippen molar-refractivity contribution in [1.82, 2.24) is 24.4 Å². The lowest BCUT2D eigenvalue weighted by molar-refractivity contribution is 0.102. The molecule has 4 aromatic rings. The molecule has 0 atom stereocenters. The van der Waals surface area contributed by atoms with Crippen molar-refractivity contribution in [3.05, 3.63) is 65.6 Å². The number of aromatic nitrogens is 5. The summed E-state index contributed by atoms with van der Waals surface area (Å²) in [4.78, 5) is 16.9. The summed E-state index contributed by atoms with van der Waals surface area (Å²) < 4.78 is 3.05. The largest absolute Gasteiger partial charge is 0.384 e. The molecular formula is C18H14N8O. The summed E-state index contributed by atoms with van der Waals surface area (Å²) in [6.07, 6.45) is 3.07. The average molecular weight is 358 g/mol. The van der Waals surface area contributed by atoms with E-state index in [9.17, 15) is 4.79 Å². The Kier molecular flexibility index (Phi) is 3.78. The zero-order valence-electron chi connectivity index (χ0n) is 14.3. The van der Waals surface area contributed by atoms with E-state index in [1.54, 1.807) is 47.3 Å². The molecule has 4 rings (SSSR count). The van der Waals surface area contributed by atoms with Crippen LogP contribution in [-0.4, -0.2) is 30.3 Å². The Morgan fingerprint density at radius 3 is 2.96 bits per heavy atom. The van der Waals surface area contributed by atoms with Crippen LogP contribution in [0.15, 0.2) is 48.8 Å². The summed E-state index contributed by atoms with van der Waals surface area (Å²) in [6, 6.07) is 12.4. The van der Waals surface area contributed by atoms with Crippen LogP contribution in [-0.2, 0) is 0 Å². The highest BCUT2D eigenvalue weighted by Gasteiger charge is 2.17. The van der Waals surface area contributed by atoms with Crippen LogP contribution in [0.4, 0.5) is 11.6 Å². The van der Waals surface area contributed by atoms with Crippen molar-refractivity contribution >= 4 is 23.2 Å². The van der Waals surface area contributed by atoms with Crippen molar-refractivity contribution in [2.24, 2.45) is 0 Å². The lowest BCUT2D eigenvalue weighted by atomic mass is 10.2. The number of hydrogen-bond donors (Lipinski definition) is 2. The first kappa shape index (κ1) is 16.3. The van der Waals surface area contributed by atoms with Gasteiger partial charge in [0.25, 0.3) is 5.91 Å². The number of anilines is 2. The topological polar surface area (TPSA) is 127 Å². The van der Waals surface area contributed by atoms with Gasteiger partial charge in [-0.15, -0.1) is 0 Å². The summed E-state index contributed by atoms with van der Waals surface area (Å²) in [5.41, 5.74) is 8.25. The fourth-order valence-electron chi connectivity index (χ4n) is 2.72. The number of carbonyl (C=O) groups is 1. The van der Waals surface area contributed by atoms with Crippen LogP contribution in [0.3, 0.4) is 0 Å². The molecule has 0 aliphatic carbocycles. The van der Waals surface area contributed by atoms with Gasteiger partial charge in [-0.1, -0.05) is 6.07 Å². The van der Waals surface area contributed by atoms with Gasteiger partial charge in [0.05, 0.1) is 29.2 Å². The zero-order valence-corrected chi connectivity index (χ0v) is 14.3. The molecule has 0 saturated heterocycles. The van der Waals surface area contributed by atoms with Gasteiger partial charge in [-0.25, -0.2) is 14.2 Å². The maximum atomic E-state index is 12.8. The first-order chi connectivity index (χ1) is 13.0. The van der Waals surface area contributed by atoms with E-state index in [2.05, 4.69) is 26.6 Å². The second-order valence-electron chi connectivity index (χ2n) is 5.88. The number of carbonyl (C=O) groups excluding carboxylic acids is 1. The molecule has 0 aliphatic rings. The van der Waals surface area contributed by atoms with Crippen molar-refractivity contribution in [2.75, 3.05) is 11.1 Å². The predicted molar refractivity (Wildman–Crippen MR) is 98.4 cm³/mol. The molecule has 1 amide bonds. The van der Waals surface area contributed by atoms with Crippen molar-refractivity contribution in [2.45, 2.75) is 6.92 Å². The van der Waals surface area contributed by atoms with Gasteiger partial charge in [-0.05, 0) is 31.2 Å². The van der Waals surface area contributed by atoms with Gasteiger partial charge in [0, 0.05) is 12.3 Å². The van der Waals surface area contributed by atoms with Gasteiger partial charge in [0.15, 0.2) is 5.65 Å². The second-order valence-corrected chi connectivity index (χ2v) is 5.88. The van der Waals surface area contributed by atoms with E-state index in [4.69, 9.17) is 11.0 Å². The van der Waals surface area contributed by atoms with Crippen molar-refractivity contribution in [3.8, 4) is 11.8 Å². The molecule has 1 aromatic carbocycles. The Hall–Kier alpha value is -4.19. The summed E-state index contributed by atoms with van der Waals surface area (Å²) in [6.45, 7) is 1.82. The first-order valence-electron chi connectivity index (χ1n) is 8.03. The molecule has 9 nitrogen and oxygen atoms in total. The molecule has 132 valence electrons. The van der Waals surface area contributed by atoms with Crippen molar-refractivity contribution < 1.29 is 4.79 Å². The Morgan fingerprint density at radius 1 is 1.30 bits per heavy atom. The molecule has 0 spiro atoms. The second kappa shape index (κ2) is 6.27. The highest BCUT2D eigenvalue weighted by Crippen LogP contribution is 2.20. The van der Waals surface area contributed by atoms with Crippen molar-refractivity contribution in [1.29, 1.82) is 5.26 Å². The highest BCUT2D eigenvalue weighted by molar-refractivity contribution is 6.08. The summed E-state index contributed by atoms with van der Waals surface area (Å²) >= 11 is 0. The van der Waals surface area contributed by atoms with Crippen LogP contribution in [0, 0.1) is 18.3 Å². The van der Waals surface area contributed by atoms with E-state index >= 15 is 0 Å². The lowest BCUT2D eigenvalue weighted by Gasteiger charge is -2.08. The fraction of sp³-hybridized carbons (Fsp3) is 0.0556. The molecule has 3 N–H and O–H groups in total. The van der Waals surface area contributed by atoms with E-state index in [0.29, 0.717) is 34.1 Å². The number of nitrogen functional groups attached to an aromatic ring is 1. The molecule has 9 heteroatoms. The highest BCUT2D eigenvalue weighted by atomic mass is 16.1. The minimum absolute atomic E-state index is 0.290. The Labute approximate surface area is 153 Å². The molecule has 3 heterocycles. The minimum atomic E-state index is -0.388. The third kappa shape index (κ3) is 2.96. The summed E-state index contributed by atoms with van der Waals surface area (Å²) in [7, 11) is 0. The maximum absolute atomic E-state index is 12.8. The molecule has 0 fully saturated rings. The number of nitriles is 1. The smallest absolute Gasteiger partial charge is 0.262 e. The first-order valence-corrected chi connectivity index (χ1v) is 8.03. The molecule has 27 heavy (non-hydrogen) atoms. The van der Waals surface area contributed by atoms with Crippen LogP contribution in [0.25, 0.3) is 11.3 Å². The SMILES string of the molecule is Cc1cc(NC(=O)c2cnn3ccc(N)nc23)n(-c2cccc(C#N)c2)n1. The summed E-state index contributed by atoms with van der Waals surface area (Å²) in [5.74, 6) is 0.378. The summed E-state index contributed by atoms with van der Waals surface area (Å²) in [5, 5.41) is 20.4. The van der Waals surface area contributed by atoms with Crippen LogP contribution < -0.4 is 11.1 Å². The Bertz CT molecular complexity index is 1210. The molecule has 0 bridgehead atoms. The Morgan fingerprint density at radius 2 is 2.15 bits per heavy atom. The number of rotatable bonds is 3. The average Bonchev–Trinajstić information content (AvgIpc) is 3.24. The van der Waals surface area contributed by atoms with E-state index < -0.39 is 0 Å². The molecule has 0 unspecified atom stereocenters. The van der Waals surface area contributed by atoms with E-state index in [1.165, 1.54) is 10.7 Å². The monoisotopic (exact) mass is 358 g/mol. The molecule has 0 radical (unpaired) electrons. The number of nitrogens with zero attached hydrogens (tertiary/aromatic N) is 6. The standard InChI is InChI=1S/C18H14N8O/c1-11-7-16(26(24-11)13-4-2-3-12(8-13)9-19)23-18(27)14-10-21-25-6-5-15(20)22-17(14)25/h2-8,10H,1H3,(H2,20,22)(H,23,27). The van der Waals surface area contributed by atoms with Crippen LogP contribution in [0.2, 0.25) is 0 Å². The van der Waals surface area contributed by atoms with Crippen molar-refractivity contribution in [3.63, 3.8) is 0 Å². The minimum Gasteiger partial charge on any atom is -0.384 e. The van der Waals surface area contributed by atoms with Gasteiger partial charge in [0.1, 0.15) is 17.2 Å². The van der Waals surface area contributed by atoms with Crippen LogP contribution >= 0.6 is 0 Å². The van der Waals surface area contributed by atoms with Gasteiger partial charge >= 0.3 is 0 Å². The normalized spacial score (nSPS) is 10.7. The number of aryl methyl sites for hydroxylation is 1. The van der Waals surface area contributed by atoms with Gasteiger partial charge in [-0.2, -0.15) is 15.5 Å².